The number of halogens is 1. The minimum Gasteiger partial charge on any atom is -0.443 e. The van der Waals surface area contributed by atoms with Gasteiger partial charge < -0.3 is 24.3 Å². The Balaban J connectivity index is 2.26. The first-order valence-corrected chi connectivity index (χ1v) is 10.1. The van der Waals surface area contributed by atoms with E-state index in [4.69, 9.17) is 30.5 Å². The van der Waals surface area contributed by atoms with E-state index in [-0.39, 0.29) is 11.8 Å². The van der Waals surface area contributed by atoms with Gasteiger partial charge in [-0.3, -0.25) is 4.79 Å². The van der Waals surface area contributed by atoms with Crippen LogP contribution in [-0.2, 0) is 30.3 Å². The lowest BCUT2D eigenvalue weighted by atomic mass is 9.90. The fraction of sp³-hybridized carbons (Fsp3) is 0.571. The summed E-state index contributed by atoms with van der Waals surface area (Å²) in [6.45, 7) is 10.9. The zero-order chi connectivity index (χ0) is 20.7. The average Bonchev–Trinajstić information content (AvgIpc) is 2.66. The maximum atomic E-state index is 13.0. The molecule has 2 unspecified atom stereocenters. The summed E-state index contributed by atoms with van der Waals surface area (Å²) < 4.78 is 23.6. The van der Waals surface area contributed by atoms with Gasteiger partial charge in [0.1, 0.15) is 11.9 Å². The first-order chi connectivity index (χ1) is 13.4. The second-order valence-electron chi connectivity index (χ2n) is 6.52. The van der Waals surface area contributed by atoms with Crippen LogP contribution in [0.3, 0.4) is 0 Å². The van der Waals surface area contributed by atoms with Crippen LogP contribution in [0, 0.1) is 5.92 Å². The van der Waals surface area contributed by atoms with E-state index in [2.05, 4.69) is 5.32 Å². The number of allylic oxidation sites excluding steroid dienone is 1. The van der Waals surface area contributed by atoms with Gasteiger partial charge in [-0.25, -0.2) is 0 Å². The third-order valence-corrected chi connectivity index (χ3v) is 4.87. The molecule has 6 nitrogen and oxygen atoms in total. The molecular weight excluding hydrogens is 382 g/mol. The topological polar surface area (TPSA) is 66.0 Å². The highest BCUT2D eigenvalue weighted by molar-refractivity contribution is 6.30. The van der Waals surface area contributed by atoms with E-state index in [0.29, 0.717) is 42.7 Å². The predicted molar refractivity (Wildman–Crippen MR) is 108 cm³/mol. The van der Waals surface area contributed by atoms with Crippen molar-refractivity contribution in [2.75, 3.05) is 19.8 Å². The molecule has 0 fully saturated rings. The van der Waals surface area contributed by atoms with Gasteiger partial charge >= 0.3 is 5.97 Å². The lowest BCUT2D eigenvalue weighted by Gasteiger charge is -2.45. The quantitative estimate of drug-likeness (QED) is 0.621. The number of carbonyl (C=O) groups excluding carboxylic acids is 1. The normalized spacial score (nSPS) is 21.4. The molecule has 0 bridgehead atoms. The lowest BCUT2D eigenvalue weighted by Crippen LogP contribution is -2.55. The van der Waals surface area contributed by atoms with E-state index < -0.39 is 12.1 Å². The highest BCUT2D eigenvalue weighted by Crippen LogP contribution is 2.40. The van der Waals surface area contributed by atoms with Gasteiger partial charge in [0.05, 0.1) is 24.7 Å². The molecule has 1 N–H and O–H groups in total. The molecule has 1 aromatic rings. The van der Waals surface area contributed by atoms with Gasteiger partial charge in [0, 0.05) is 18.2 Å². The van der Waals surface area contributed by atoms with Gasteiger partial charge in [-0.15, -0.1) is 0 Å². The van der Waals surface area contributed by atoms with Crippen LogP contribution in [0.5, 0.6) is 0 Å². The monoisotopic (exact) mass is 411 g/mol. The van der Waals surface area contributed by atoms with Crippen LogP contribution in [-0.4, -0.2) is 37.8 Å². The van der Waals surface area contributed by atoms with Crippen LogP contribution in [0.2, 0.25) is 5.02 Å². The summed E-state index contributed by atoms with van der Waals surface area (Å²) >= 11 is 5.91. The van der Waals surface area contributed by atoms with Crippen molar-refractivity contribution in [1.82, 2.24) is 5.32 Å². The number of benzene rings is 1. The minimum absolute atomic E-state index is 0.237. The van der Waals surface area contributed by atoms with Crippen LogP contribution in [0.4, 0.5) is 0 Å². The SMILES string of the molecule is CCOC1C(C(=O)NCc2ccc(Cl)cc2)=C(C)OC(OCC)(OCC)C1C. The molecule has 0 radical (unpaired) electrons. The van der Waals surface area contributed by atoms with Crippen molar-refractivity contribution < 1.29 is 23.7 Å². The van der Waals surface area contributed by atoms with Crippen LogP contribution >= 0.6 is 11.6 Å². The zero-order valence-electron chi connectivity index (χ0n) is 17.2. The molecule has 1 aliphatic heterocycles. The van der Waals surface area contributed by atoms with Crippen molar-refractivity contribution >= 4 is 17.5 Å². The summed E-state index contributed by atoms with van der Waals surface area (Å²) in [6, 6.07) is 7.33. The van der Waals surface area contributed by atoms with E-state index in [1.807, 2.05) is 39.8 Å². The smallest absolute Gasteiger partial charge is 0.332 e. The maximum Gasteiger partial charge on any atom is 0.332 e. The molecule has 1 aromatic carbocycles. The molecule has 0 aromatic heterocycles. The van der Waals surface area contributed by atoms with Crippen molar-refractivity contribution in [3.05, 3.63) is 46.2 Å². The van der Waals surface area contributed by atoms with Crippen molar-refractivity contribution in [1.29, 1.82) is 0 Å². The number of nitrogens with one attached hydrogen (secondary N) is 1. The molecule has 2 atom stereocenters. The van der Waals surface area contributed by atoms with Gasteiger partial charge in [0.15, 0.2) is 0 Å². The van der Waals surface area contributed by atoms with Crippen LogP contribution in [0.1, 0.15) is 40.2 Å². The van der Waals surface area contributed by atoms with Crippen molar-refractivity contribution in [2.45, 2.75) is 53.2 Å². The molecule has 1 aliphatic rings. The van der Waals surface area contributed by atoms with Crippen molar-refractivity contribution in [3.8, 4) is 0 Å². The van der Waals surface area contributed by atoms with E-state index in [1.165, 1.54) is 0 Å². The lowest BCUT2D eigenvalue weighted by molar-refractivity contribution is -0.401. The molecule has 1 heterocycles. The second kappa shape index (κ2) is 10.3. The van der Waals surface area contributed by atoms with Gasteiger partial charge in [-0.05, 0) is 45.4 Å². The highest BCUT2D eigenvalue weighted by Gasteiger charge is 2.52. The molecule has 0 spiro atoms. The maximum absolute atomic E-state index is 13.0. The molecule has 0 aliphatic carbocycles. The average molecular weight is 412 g/mol. The van der Waals surface area contributed by atoms with E-state index in [1.54, 1.807) is 19.1 Å². The summed E-state index contributed by atoms with van der Waals surface area (Å²) in [7, 11) is 0. The summed E-state index contributed by atoms with van der Waals surface area (Å²) in [6.07, 6.45) is -0.512. The number of amides is 1. The summed E-state index contributed by atoms with van der Waals surface area (Å²) in [5.41, 5.74) is 1.41. The van der Waals surface area contributed by atoms with Crippen LogP contribution in [0.15, 0.2) is 35.6 Å². The fourth-order valence-corrected chi connectivity index (χ4v) is 3.47. The van der Waals surface area contributed by atoms with E-state index in [0.717, 1.165) is 5.56 Å². The van der Waals surface area contributed by atoms with Crippen molar-refractivity contribution in [3.63, 3.8) is 0 Å². The summed E-state index contributed by atoms with van der Waals surface area (Å²) in [4.78, 5) is 13.0. The first kappa shape index (κ1) is 22.7. The van der Waals surface area contributed by atoms with Crippen molar-refractivity contribution in [2.24, 2.45) is 5.92 Å². The Morgan fingerprint density at radius 1 is 1.14 bits per heavy atom. The van der Waals surface area contributed by atoms with Crippen LogP contribution < -0.4 is 5.32 Å². The van der Waals surface area contributed by atoms with E-state index in [9.17, 15) is 4.79 Å². The van der Waals surface area contributed by atoms with Gasteiger partial charge in [0.25, 0.3) is 5.91 Å². The highest BCUT2D eigenvalue weighted by atomic mass is 35.5. The number of rotatable bonds is 9. The number of hydrogen-bond donors (Lipinski definition) is 1. The first-order valence-electron chi connectivity index (χ1n) is 9.70. The minimum atomic E-state index is -1.27. The van der Waals surface area contributed by atoms with Crippen LogP contribution in [0.25, 0.3) is 0 Å². The molecule has 0 saturated heterocycles. The molecule has 156 valence electrons. The summed E-state index contributed by atoms with van der Waals surface area (Å²) in [5, 5.41) is 3.59. The Kier molecular flexibility index (Phi) is 8.31. The predicted octanol–water partition coefficient (Wildman–Crippen LogP) is 4.03. The Morgan fingerprint density at radius 3 is 2.29 bits per heavy atom. The van der Waals surface area contributed by atoms with Gasteiger partial charge in [0.2, 0.25) is 0 Å². The Hall–Kier alpha value is -1.60. The third kappa shape index (κ3) is 5.06. The van der Waals surface area contributed by atoms with Gasteiger partial charge in [-0.1, -0.05) is 30.7 Å². The molecule has 7 heteroatoms. The number of carbonyl (C=O) groups is 1. The standard InChI is InChI=1S/C21H30ClNO5/c1-6-25-19-14(4)21(26-7-2,27-8-3)28-15(5)18(19)20(24)23-13-16-9-11-17(22)12-10-16/h9-12,14,19H,6-8,13H2,1-5H3,(H,23,24). The molecule has 1 amide bonds. The second-order valence-corrected chi connectivity index (χ2v) is 6.95. The van der Waals surface area contributed by atoms with Gasteiger partial charge in [-0.2, -0.15) is 0 Å². The molecule has 2 rings (SSSR count). The third-order valence-electron chi connectivity index (χ3n) is 4.62. The fourth-order valence-electron chi connectivity index (χ4n) is 3.34. The zero-order valence-corrected chi connectivity index (χ0v) is 18.0. The van der Waals surface area contributed by atoms with E-state index >= 15 is 0 Å². The summed E-state index contributed by atoms with van der Waals surface area (Å²) in [5.74, 6) is -1.41. The molecule has 28 heavy (non-hydrogen) atoms. The number of hydrogen-bond acceptors (Lipinski definition) is 5. The Bertz CT molecular complexity index is 683. The Labute approximate surface area is 172 Å². The molecule has 0 saturated carbocycles. The Morgan fingerprint density at radius 2 is 1.75 bits per heavy atom. The largest absolute Gasteiger partial charge is 0.443 e. The number of ether oxygens (including phenoxy) is 4. The molecular formula is C21H30ClNO5.